The molecule has 1 saturated heterocycles. The van der Waals surface area contributed by atoms with Crippen molar-refractivity contribution in [3.63, 3.8) is 0 Å². The van der Waals surface area contributed by atoms with Gasteiger partial charge in [-0.25, -0.2) is 0 Å². The van der Waals surface area contributed by atoms with Gasteiger partial charge < -0.3 is 19.7 Å². The Morgan fingerprint density at radius 3 is 2.43 bits per heavy atom. The molecular weight excluding hydrogens is 272 g/mol. The van der Waals surface area contributed by atoms with E-state index < -0.39 is 11.1 Å². The van der Waals surface area contributed by atoms with Crippen LogP contribution in [0.4, 0.5) is 0 Å². The molecule has 0 aromatic carbocycles. The minimum Gasteiger partial charge on any atom is -0.382 e. The van der Waals surface area contributed by atoms with Crippen molar-refractivity contribution >= 4 is 11.8 Å². The summed E-state index contributed by atoms with van der Waals surface area (Å²) in [5.41, 5.74) is -1.59. The molecule has 2 amide bonds. The molecule has 0 spiro atoms. The first-order valence-electron chi connectivity index (χ1n) is 7.55. The maximum Gasteiger partial charge on any atom is 0.248 e. The van der Waals surface area contributed by atoms with Gasteiger partial charge in [0.15, 0.2) is 0 Å². The minimum absolute atomic E-state index is 0.0353. The predicted octanol–water partition coefficient (Wildman–Crippen LogP) is 0.555. The summed E-state index contributed by atoms with van der Waals surface area (Å²) in [6.45, 7) is 7.25. The summed E-state index contributed by atoms with van der Waals surface area (Å²) in [4.78, 5) is 26.9. The fourth-order valence-corrected chi connectivity index (χ4v) is 2.92. The zero-order valence-corrected chi connectivity index (χ0v) is 13.4. The highest BCUT2D eigenvalue weighted by Crippen LogP contribution is 2.45. The van der Waals surface area contributed by atoms with Crippen molar-refractivity contribution in [2.45, 2.75) is 44.7 Å². The van der Waals surface area contributed by atoms with Crippen LogP contribution in [0.1, 0.15) is 33.6 Å². The van der Waals surface area contributed by atoms with E-state index in [4.69, 9.17) is 9.47 Å². The number of piperazine rings is 1. The number of carbonyl (C=O) groups is 2. The lowest BCUT2D eigenvalue weighted by molar-refractivity contribution is -0.163. The summed E-state index contributed by atoms with van der Waals surface area (Å²) in [6, 6.07) is 0. The maximum absolute atomic E-state index is 12.7. The maximum atomic E-state index is 12.7. The van der Waals surface area contributed by atoms with E-state index in [-0.39, 0.29) is 17.7 Å². The largest absolute Gasteiger partial charge is 0.382 e. The summed E-state index contributed by atoms with van der Waals surface area (Å²) >= 11 is 0. The van der Waals surface area contributed by atoms with Crippen molar-refractivity contribution < 1.29 is 19.1 Å². The van der Waals surface area contributed by atoms with E-state index in [1.807, 2.05) is 6.92 Å². The Hall–Kier alpha value is -1.14. The molecule has 2 fully saturated rings. The van der Waals surface area contributed by atoms with Gasteiger partial charge in [-0.15, -0.1) is 0 Å². The third kappa shape index (κ3) is 3.06. The first-order chi connectivity index (χ1) is 9.84. The van der Waals surface area contributed by atoms with Crippen molar-refractivity contribution in [3.8, 4) is 0 Å². The molecule has 1 unspecified atom stereocenters. The van der Waals surface area contributed by atoms with Crippen LogP contribution in [0.3, 0.4) is 0 Å². The topological polar surface area (TPSA) is 67.9 Å². The van der Waals surface area contributed by atoms with Crippen LogP contribution in [0.2, 0.25) is 0 Å². The lowest BCUT2D eigenvalue weighted by atomic mass is 9.84. The summed E-state index contributed by atoms with van der Waals surface area (Å²) in [7, 11) is 1.62. The fourth-order valence-electron chi connectivity index (χ4n) is 2.92. The molecule has 1 aliphatic carbocycles. The Balaban J connectivity index is 2.07. The molecule has 1 aliphatic heterocycles. The molecule has 0 aromatic heterocycles. The number of carbonyl (C=O) groups excluding carboxylic acids is 2. The van der Waals surface area contributed by atoms with Crippen molar-refractivity contribution in [1.82, 2.24) is 10.2 Å². The van der Waals surface area contributed by atoms with Gasteiger partial charge in [-0.05, 0) is 39.5 Å². The highest BCUT2D eigenvalue weighted by Gasteiger charge is 2.58. The number of rotatable bonds is 7. The second kappa shape index (κ2) is 5.93. The zero-order valence-electron chi connectivity index (χ0n) is 13.4. The monoisotopic (exact) mass is 298 g/mol. The lowest BCUT2D eigenvalue weighted by Crippen LogP contribution is -2.74. The van der Waals surface area contributed by atoms with Crippen LogP contribution >= 0.6 is 0 Å². The molecule has 6 heteroatoms. The van der Waals surface area contributed by atoms with E-state index in [1.54, 1.807) is 25.9 Å². The van der Waals surface area contributed by atoms with Crippen LogP contribution in [0, 0.1) is 5.92 Å². The van der Waals surface area contributed by atoms with E-state index in [0.717, 1.165) is 12.8 Å². The van der Waals surface area contributed by atoms with Crippen molar-refractivity contribution in [1.29, 1.82) is 0 Å². The van der Waals surface area contributed by atoms with Gasteiger partial charge in [-0.3, -0.25) is 9.59 Å². The third-order valence-electron chi connectivity index (χ3n) is 4.49. The number of methoxy groups -OCH3 is 1. The average molecular weight is 298 g/mol. The van der Waals surface area contributed by atoms with Crippen LogP contribution in [0.5, 0.6) is 0 Å². The van der Waals surface area contributed by atoms with Gasteiger partial charge in [0.1, 0.15) is 11.1 Å². The van der Waals surface area contributed by atoms with Crippen molar-refractivity contribution in [3.05, 3.63) is 0 Å². The summed E-state index contributed by atoms with van der Waals surface area (Å²) < 4.78 is 10.4. The highest BCUT2D eigenvalue weighted by molar-refractivity contribution is 6.02. The van der Waals surface area contributed by atoms with Crippen LogP contribution in [0.15, 0.2) is 0 Å². The number of nitrogens with zero attached hydrogens (tertiary/aromatic N) is 1. The lowest BCUT2D eigenvalue weighted by Gasteiger charge is -2.49. The number of nitrogens with one attached hydrogen (secondary N) is 1. The number of ether oxygens (including phenoxy) is 2. The summed E-state index contributed by atoms with van der Waals surface area (Å²) in [5.74, 6) is 0.176. The molecule has 1 atom stereocenters. The fraction of sp³-hybridized carbons (Fsp3) is 0.867. The Labute approximate surface area is 126 Å². The van der Waals surface area contributed by atoms with E-state index in [1.165, 1.54) is 0 Å². The molecule has 0 radical (unpaired) electrons. The quantitative estimate of drug-likeness (QED) is 0.697. The molecule has 120 valence electrons. The molecule has 6 nitrogen and oxygen atoms in total. The molecule has 1 heterocycles. The molecule has 2 rings (SSSR count). The van der Waals surface area contributed by atoms with E-state index in [9.17, 15) is 9.59 Å². The smallest absolute Gasteiger partial charge is 0.248 e. The van der Waals surface area contributed by atoms with E-state index >= 15 is 0 Å². The van der Waals surface area contributed by atoms with Crippen LogP contribution in [-0.2, 0) is 19.1 Å². The second-order valence-electron chi connectivity index (χ2n) is 6.56. The van der Waals surface area contributed by atoms with Gasteiger partial charge in [-0.1, -0.05) is 0 Å². The van der Waals surface area contributed by atoms with Gasteiger partial charge in [0, 0.05) is 13.7 Å². The van der Waals surface area contributed by atoms with Gasteiger partial charge in [0.25, 0.3) is 0 Å². The van der Waals surface area contributed by atoms with E-state index in [2.05, 4.69) is 5.32 Å². The standard InChI is InChI=1S/C15H26N2O4/c1-14(2)13(19)17(7-8-21-10-9-20-4)15(3,11-5-6-11)12(18)16-14/h11H,5-10H2,1-4H3,(H,16,18). The molecule has 2 aliphatic rings. The Morgan fingerprint density at radius 2 is 1.86 bits per heavy atom. The molecule has 0 aromatic rings. The predicted molar refractivity (Wildman–Crippen MR) is 77.8 cm³/mol. The molecule has 1 saturated carbocycles. The second-order valence-corrected chi connectivity index (χ2v) is 6.56. The van der Waals surface area contributed by atoms with Gasteiger partial charge in [0.2, 0.25) is 11.8 Å². The Morgan fingerprint density at radius 1 is 1.19 bits per heavy atom. The first kappa shape index (κ1) is 16.2. The first-order valence-corrected chi connectivity index (χ1v) is 7.55. The van der Waals surface area contributed by atoms with Crippen LogP contribution < -0.4 is 5.32 Å². The minimum atomic E-state index is -0.849. The Kier molecular flexibility index (Phi) is 4.58. The van der Waals surface area contributed by atoms with E-state index in [0.29, 0.717) is 26.4 Å². The van der Waals surface area contributed by atoms with Gasteiger partial charge in [-0.2, -0.15) is 0 Å². The number of hydrogen-bond acceptors (Lipinski definition) is 4. The highest BCUT2D eigenvalue weighted by atomic mass is 16.5. The molecule has 21 heavy (non-hydrogen) atoms. The molecular formula is C15H26N2O4. The molecule has 0 bridgehead atoms. The van der Waals surface area contributed by atoms with Gasteiger partial charge >= 0.3 is 0 Å². The zero-order chi connectivity index (χ0) is 15.7. The Bertz CT molecular complexity index is 420. The van der Waals surface area contributed by atoms with Gasteiger partial charge in [0.05, 0.1) is 19.8 Å². The van der Waals surface area contributed by atoms with Crippen molar-refractivity contribution in [2.24, 2.45) is 5.92 Å². The molecule has 1 N–H and O–H groups in total. The SMILES string of the molecule is COCCOCCN1C(=O)C(C)(C)NC(=O)C1(C)C1CC1. The van der Waals surface area contributed by atoms with Crippen LogP contribution in [-0.4, -0.2) is 61.3 Å². The third-order valence-corrected chi connectivity index (χ3v) is 4.49. The normalized spacial score (nSPS) is 28.7. The number of hydrogen-bond donors (Lipinski definition) is 1. The summed E-state index contributed by atoms with van der Waals surface area (Å²) in [5, 5.41) is 2.87. The van der Waals surface area contributed by atoms with Crippen LogP contribution in [0.25, 0.3) is 0 Å². The summed E-state index contributed by atoms with van der Waals surface area (Å²) in [6.07, 6.45) is 2.00. The van der Waals surface area contributed by atoms with Crippen molar-refractivity contribution in [2.75, 3.05) is 33.5 Å². The number of amides is 2. The average Bonchev–Trinajstić information content (AvgIpc) is 3.24.